The van der Waals surface area contributed by atoms with Crippen molar-refractivity contribution in [2.24, 2.45) is 10.2 Å². The predicted octanol–water partition coefficient (Wildman–Crippen LogP) is 6.48. The van der Waals surface area contributed by atoms with Crippen molar-refractivity contribution < 1.29 is 36.2 Å². The van der Waals surface area contributed by atoms with Crippen molar-refractivity contribution in [2.45, 2.75) is 16.7 Å². The van der Waals surface area contributed by atoms with Gasteiger partial charge in [0.25, 0.3) is 31.7 Å². The van der Waals surface area contributed by atoms with Crippen molar-refractivity contribution in [3.8, 4) is 5.75 Å². The van der Waals surface area contributed by atoms with Gasteiger partial charge in [-0.25, -0.2) is 8.42 Å². The van der Waals surface area contributed by atoms with Crippen LogP contribution in [0.4, 0.5) is 28.4 Å². The van der Waals surface area contributed by atoms with Crippen LogP contribution in [0.25, 0.3) is 10.8 Å². The Labute approximate surface area is 262 Å². The minimum absolute atomic E-state index is 0.0626. The van der Waals surface area contributed by atoms with E-state index in [-0.39, 0.29) is 38.9 Å². The molecule has 0 aliphatic carbocycles. The van der Waals surface area contributed by atoms with E-state index in [0.717, 1.165) is 12.1 Å². The quantitative estimate of drug-likeness (QED) is 0.0587. The van der Waals surface area contributed by atoms with E-state index in [2.05, 4.69) is 20.3 Å². The summed E-state index contributed by atoms with van der Waals surface area (Å²) in [6, 6.07) is 22.2. The average Bonchev–Trinajstić information content (AvgIpc) is 3.00. The highest BCUT2D eigenvalue weighted by Gasteiger charge is 2.21. The van der Waals surface area contributed by atoms with Crippen molar-refractivity contribution in [3.05, 3.63) is 118 Å². The van der Waals surface area contributed by atoms with Crippen LogP contribution >= 0.6 is 0 Å². The number of carbonyl (C=O) groups is 1. The molecule has 16 heteroatoms. The maximum atomic E-state index is 13.2. The van der Waals surface area contributed by atoms with Crippen LogP contribution < -0.4 is 10.0 Å². The largest absolute Gasteiger partial charge is 0.505 e. The number of benzene rings is 5. The lowest BCUT2D eigenvalue weighted by atomic mass is 10.0. The van der Waals surface area contributed by atoms with Gasteiger partial charge in [-0.05, 0) is 60.3 Å². The Hall–Kier alpha value is -5.71. The second kappa shape index (κ2) is 12.4. The van der Waals surface area contributed by atoms with Crippen LogP contribution in [0.2, 0.25) is 0 Å². The number of fused-ring (bicyclic) bond motifs is 1. The van der Waals surface area contributed by atoms with E-state index in [4.69, 9.17) is 0 Å². The van der Waals surface area contributed by atoms with Gasteiger partial charge in [0.05, 0.1) is 31.7 Å². The van der Waals surface area contributed by atoms with Crippen LogP contribution in [0.3, 0.4) is 0 Å². The van der Waals surface area contributed by atoms with Crippen molar-refractivity contribution >= 4 is 65.3 Å². The molecule has 5 rings (SSSR count). The Kier molecular flexibility index (Phi) is 8.51. The van der Waals surface area contributed by atoms with Gasteiger partial charge in [0.2, 0.25) is 0 Å². The van der Waals surface area contributed by atoms with Crippen LogP contribution in [0.15, 0.2) is 117 Å². The standard InChI is InChI=1S/C30H23N5O9S2/c1-18-12-13-21(17-27(18)45(40,41)34-22-8-5-10-24(16-22)46(42,43)44)32-33-28-25-11-3-2-6-19(25)14-26(29(28)36)30(37)31-20-7-4-9-23(15-20)35(38)39/h2-17,34,36H,1H3,(H,31,37)(H,42,43,44). The molecule has 46 heavy (non-hydrogen) atoms. The summed E-state index contributed by atoms with van der Waals surface area (Å²) in [5.74, 6) is -1.31. The molecule has 5 aromatic carbocycles. The minimum atomic E-state index is -4.57. The first-order valence-corrected chi connectivity index (χ1v) is 16.1. The topological polar surface area (TPSA) is 218 Å². The van der Waals surface area contributed by atoms with Crippen LogP contribution in [-0.4, -0.2) is 37.3 Å². The first-order valence-electron chi connectivity index (χ1n) is 13.2. The van der Waals surface area contributed by atoms with Crippen molar-refractivity contribution in [3.63, 3.8) is 0 Å². The molecule has 0 bridgehead atoms. The lowest BCUT2D eigenvalue weighted by Crippen LogP contribution is -2.14. The van der Waals surface area contributed by atoms with Crippen LogP contribution in [0, 0.1) is 17.0 Å². The maximum Gasteiger partial charge on any atom is 0.294 e. The molecule has 1 amide bonds. The average molecular weight is 662 g/mol. The van der Waals surface area contributed by atoms with Gasteiger partial charge in [-0.3, -0.25) is 24.2 Å². The predicted molar refractivity (Wildman–Crippen MR) is 169 cm³/mol. The lowest BCUT2D eigenvalue weighted by molar-refractivity contribution is -0.384. The second-order valence-electron chi connectivity index (χ2n) is 9.86. The summed E-state index contributed by atoms with van der Waals surface area (Å²) in [6.07, 6.45) is 0. The summed E-state index contributed by atoms with van der Waals surface area (Å²) in [5, 5.41) is 34.0. The molecule has 234 valence electrons. The Morgan fingerprint density at radius 2 is 1.57 bits per heavy atom. The summed E-state index contributed by atoms with van der Waals surface area (Å²) >= 11 is 0. The van der Waals surface area contributed by atoms with Crippen molar-refractivity contribution in [2.75, 3.05) is 10.0 Å². The molecule has 0 radical (unpaired) electrons. The van der Waals surface area contributed by atoms with E-state index in [9.17, 15) is 41.4 Å². The van der Waals surface area contributed by atoms with Gasteiger partial charge >= 0.3 is 0 Å². The maximum absolute atomic E-state index is 13.2. The lowest BCUT2D eigenvalue weighted by Gasteiger charge is -2.12. The number of nitro benzene ring substituents is 1. The van der Waals surface area contributed by atoms with Gasteiger partial charge in [0, 0.05) is 23.2 Å². The number of nitrogens with one attached hydrogen (secondary N) is 2. The SMILES string of the molecule is Cc1ccc(N=Nc2c(O)c(C(=O)Nc3cccc([N+](=O)[O-])c3)cc3ccccc23)cc1S(=O)(=O)Nc1cccc(S(=O)(=O)O)c1. The molecule has 0 saturated carbocycles. The first-order chi connectivity index (χ1) is 21.7. The zero-order valence-electron chi connectivity index (χ0n) is 23.6. The molecule has 0 saturated heterocycles. The van der Waals surface area contributed by atoms with E-state index >= 15 is 0 Å². The molecule has 0 unspecified atom stereocenters. The number of phenolic OH excluding ortho intramolecular Hbond substituents is 1. The van der Waals surface area contributed by atoms with Crippen LogP contribution in [0.5, 0.6) is 5.75 Å². The van der Waals surface area contributed by atoms with E-state index in [1.54, 1.807) is 24.3 Å². The number of nitro groups is 1. The molecule has 0 fully saturated rings. The summed E-state index contributed by atoms with van der Waals surface area (Å²) in [5.41, 5.74) is -0.121. The highest BCUT2D eigenvalue weighted by Crippen LogP contribution is 2.40. The highest BCUT2D eigenvalue weighted by molar-refractivity contribution is 7.92. The first kappa shape index (κ1) is 31.7. The fourth-order valence-corrected chi connectivity index (χ4v) is 6.31. The van der Waals surface area contributed by atoms with Gasteiger partial charge in [-0.1, -0.05) is 42.5 Å². The summed E-state index contributed by atoms with van der Waals surface area (Å²) in [6.45, 7) is 1.53. The van der Waals surface area contributed by atoms with Crippen molar-refractivity contribution in [1.82, 2.24) is 0 Å². The molecule has 5 aromatic rings. The number of aromatic hydroxyl groups is 1. The summed E-state index contributed by atoms with van der Waals surface area (Å²) in [7, 11) is -8.86. The fourth-order valence-electron chi connectivity index (χ4n) is 4.47. The number of amides is 1. The molecule has 14 nitrogen and oxygen atoms in total. The number of hydrogen-bond acceptors (Lipinski definition) is 10. The summed E-state index contributed by atoms with van der Waals surface area (Å²) < 4.78 is 61.0. The number of non-ortho nitro benzene ring substituents is 1. The molecule has 0 heterocycles. The highest BCUT2D eigenvalue weighted by atomic mass is 32.2. The molecule has 0 atom stereocenters. The smallest absolute Gasteiger partial charge is 0.294 e. The molecule has 0 aromatic heterocycles. The summed E-state index contributed by atoms with van der Waals surface area (Å²) in [4.78, 5) is 23.0. The number of phenols is 1. The number of hydrogen-bond donors (Lipinski definition) is 4. The van der Waals surface area contributed by atoms with Gasteiger partial charge in [0.15, 0.2) is 5.75 Å². The zero-order valence-corrected chi connectivity index (χ0v) is 25.3. The number of azo groups is 1. The van der Waals surface area contributed by atoms with Crippen LogP contribution in [0.1, 0.15) is 15.9 Å². The van der Waals surface area contributed by atoms with Gasteiger partial charge in [0.1, 0.15) is 5.69 Å². The Morgan fingerprint density at radius 3 is 2.30 bits per heavy atom. The van der Waals surface area contributed by atoms with Gasteiger partial charge < -0.3 is 10.4 Å². The van der Waals surface area contributed by atoms with E-state index < -0.39 is 41.6 Å². The van der Waals surface area contributed by atoms with Gasteiger partial charge in [-0.15, -0.1) is 5.11 Å². The monoisotopic (exact) mass is 661 g/mol. The number of nitrogens with zero attached hydrogens (tertiary/aromatic N) is 3. The number of rotatable bonds is 9. The normalized spacial score (nSPS) is 11.9. The number of aryl methyl sites for hydroxylation is 1. The van der Waals surface area contributed by atoms with E-state index in [1.807, 2.05) is 0 Å². The van der Waals surface area contributed by atoms with E-state index in [0.29, 0.717) is 16.3 Å². The number of carbonyl (C=O) groups excluding carboxylic acids is 1. The minimum Gasteiger partial charge on any atom is -0.505 e. The number of anilines is 2. The van der Waals surface area contributed by atoms with Crippen molar-refractivity contribution in [1.29, 1.82) is 0 Å². The molecular formula is C30H23N5O9S2. The third-order valence-corrected chi connectivity index (χ3v) is 9.04. The van der Waals surface area contributed by atoms with Gasteiger partial charge in [-0.2, -0.15) is 13.5 Å². The molecule has 0 spiro atoms. The molecular weight excluding hydrogens is 638 g/mol. The molecule has 0 aliphatic heterocycles. The van der Waals surface area contributed by atoms with E-state index in [1.165, 1.54) is 67.6 Å². The third-order valence-electron chi connectivity index (χ3n) is 6.67. The number of sulfonamides is 1. The Balaban J connectivity index is 1.49. The van der Waals surface area contributed by atoms with Crippen LogP contribution in [-0.2, 0) is 20.1 Å². The molecule has 0 aliphatic rings. The zero-order chi connectivity index (χ0) is 33.2. The fraction of sp³-hybridized carbons (Fsp3) is 0.0333. The third kappa shape index (κ3) is 6.83. The Bertz CT molecular complexity index is 2290. The second-order valence-corrected chi connectivity index (χ2v) is 12.9. The Morgan fingerprint density at radius 1 is 0.848 bits per heavy atom. The molecule has 4 N–H and O–H groups in total.